The lowest BCUT2D eigenvalue weighted by Gasteiger charge is -2.34. The molecule has 1 aromatic carbocycles. The average molecular weight is 263 g/mol. The second-order valence-electron chi connectivity index (χ2n) is 4.98. The first-order valence-corrected chi connectivity index (χ1v) is 6.97. The zero-order valence-electron chi connectivity index (χ0n) is 12.5. The number of hydrogen-bond acceptors (Lipinski definition) is 3. The molecule has 1 rings (SSSR count). The number of benzene rings is 1. The SMILES string of the molecule is CCCNC(CC)(CC(=O)OC)c1ccc(C)cc1. The Kier molecular flexibility index (Phi) is 6.03. The molecule has 1 N–H and O–H groups in total. The second-order valence-corrected chi connectivity index (χ2v) is 4.98. The van der Waals surface area contributed by atoms with E-state index in [1.807, 2.05) is 0 Å². The van der Waals surface area contributed by atoms with Crippen LogP contribution in [-0.2, 0) is 15.1 Å². The highest BCUT2D eigenvalue weighted by Gasteiger charge is 2.32. The quantitative estimate of drug-likeness (QED) is 0.768. The van der Waals surface area contributed by atoms with E-state index < -0.39 is 0 Å². The molecule has 0 aliphatic carbocycles. The summed E-state index contributed by atoms with van der Waals surface area (Å²) in [6.07, 6.45) is 2.25. The standard InChI is InChI=1S/C16H25NO2/c1-5-11-17-16(6-2,12-15(18)19-4)14-9-7-13(3)8-10-14/h7-10,17H,5-6,11-12H2,1-4H3. The molecule has 0 saturated carbocycles. The van der Waals surface area contributed by atoms with Gasteiger partial charge in [-0.25, -0.2) is 0 Å². The van der Waals surface area contributed by atoms with Crippen LogP contribution in [0.2, 0.25) is 0 Å². The van der Waals surface area contributed by atoms with Crippen LogP contribution in [0.3, 0.4) is 0 Å². The molecule has 0 aliphatic rings. The number of ether oxygens (including phenoxy) is 1. The normalized spacial score (nSPS) is 13.9. The molecular weight excluding hydrogens is 238 g/mol. The Morgan fingerprint density at radius 3 is 2.37 bits per heavy atom. The van der Waals surface area contributed by atoms with E-state index in [9.17, 15) is 4.79 Å². The molecule has 19 heavy (non-hydrogen) atoms. The molecule has 0 spiro atoms. The maximum atomic E-state index is 11.7. The van der Waals surface area contributed by atoms with Gasteiger partial charge in [0.1, 0.15) is 0 Å². The molecule has 1 atom stereocenters. The fourth-order valence-corrected chi connectivity index (χ4v) is 2.28. The van der Waals surface area contributed by atoms with Gasteiger partial charge in [-0.3, -0.25) is 4.79 Å². The second kappa shape index (κ2) is 7.29. The Morgan fingerprint density at radius 1 is 1.26 bits per heavy atom. The van der Waals surface area contributed by atoms with E-state index in [2.05, 4.69) is 50.4 Å². The molecule has 0 fully saturated rings. The minimum atomic E-state index is -0.323. The van der Waals surface area contributed by atoms with E-state index in [-0.39, 0.29) is 11.5 Å². The van der Waals surface area contributed by atoms with Crippen LogP contribution in [-0.4, -0.2) is 19.6 Å². The Morgan fingerprint density at radius 2 is 1.89 bits per heavy atom. The lowest BCUT2D eigenvalue weighted by Crippen LogP contribution is -2.44. The molecule has 0 amide bonds. The van der Waals surface area contributed by atoms with Crippen molar-refractivity contribution in [3.05, 3.63) is 35.4 Å². The third-order valence-electron chi connectivity index (χ3n) is 3.59. The summed E-state index contributed by atoms with van der Waals surface area (Å²) in [5.74, 6) is -0.175. The van der Waals surface area contributed by atoms with Crippen molar-refractivity contribution in [1.29, 1.82) is 0 Å². The molecule has 0 bridgehead atoms. The van der Waals surface area contributed by atoms with Crippen LogP contribution in [0, 0.1) is 6.92 Å². The number of carbonyl (C=O) groups excluding carboxylic acids is 1. The Bertz CT molecular complexity index is 400. The maximum Gasteiger partial charge on any atom is 0.307 e. The van der Waals surface area contributed by atoms with Gasteiger partial charge < -0.3 is 10.1 Å². The monoisotopic (exact) mass is 263 g/mol. The first-order chi connectivity index (χ1) is 9.07. The van der Waals surface area contributed by atoms with Gasteiger partial charge in [0.25, 0.3) is 0 Å². The predicted molar refractivity (Wildman–Crippen MR) is 78.1 cm³/mol. The largest absolute Gasteiger partial charge is 0.469 e. The van der Waals surface area contributed by atoms with E-state index in [0.717, 1.165) is 24.9 Å². The van der Waals surface area contributed by atoms with Gasteiger partial charge in [-0.05, 0) is 31.9 Å². The van der Waals surface area contributed by atoms with Gasteiger partial charge in [0, 0.05) is 0 Å². The van der Waals surface area contributed by atoms with Crippen LogP contribution in [0.5, 0.6) is 0 Å². The number of hydrogen-bond donors (Lipinski definition) is 1. The molecule has 106 valence electrons. The van der Waals surface area contributed by atoms with Crippen molar-refractivity contribution in [3.63, 3.8) is 0 Å². The highest BCUT2D eigenvalue weighted by molar-refractivity contribution is 5.71. The Balaban J connectivity index is 3.07. The zero-order valence-corrected chi connectivity index (χ0v) is 12.5. The topological polar surface area (TPSA) is 38.3 Å². The van der Waals surface area contributed by atoms with Crippen molar-refractivity contribution >= 4 is 5.97 Å². The number of rotatable bonds is 7. The first kappa shape index (κ1) is 15.7. The van der Waals surface area contributed by atoms with Crippen molar-refractivity contribution < 1.29 is 9.53 Å². The third-order valence-corrected chi connectivity index (χ3v) is 3.59. The number of carbonyl (C=O) groups is 1. The highest BCUT2D eigenvalue weighted by Crippen LogP contribution is 2.29. The summed E-state index contributed by atoms with van der Waals surface area (Å²) in [6, 6.07) is 8.38. The summed E-state index contributed by atoms with van der Waals surface area (Å²) in [5.41, 5.74) is 2.05. The summed E-state index contributed by atoms with van der Waals surface area (Å²) in [7, 11) is 1.44. The zero-order chi connectivity index (χ0) is 14.3. The van der Waals surface area contributed by atoms with E-state index in [4.69, 9.17) is 4.74 Å². The lowest BCUT2D eigenvalue weighted by atomic mass is 9.83. The fourth-order valence-electron chi connectivity index (χ4n) is 2.28. The molecule has 0 heterocycles. The molecule has 3 nitrogen and oxygen atoms in total. The average Bonchev–Trinajstić information content (AvgIpc) is 2.44. The van der Waals surface area contributed by atoms with Crippen molar-refractivity contribution in [2.24, 2.45) is 0 Å². The van der Waals surface area contributed by atoms with Crippen molar-refractivity contribution in [2.45, 2.75) is 45.6 Å². The van der Waals surface area contributed by atoms with E-state index in [1.165, 1.54) is 12.7 Å². The molecule has 0 radical (unpaired) electrons. The van der Waals surface area contributed by atoms with Crippen LogP contribution in [0.25, 0.3) is 0 Å². The minimum Gasteiger partial charge on any atom is -0.469 e. The first-order valence-electron chi connectivity index (χ1n) is 6.97. The van der Waals surface area contributed by atoms with Crippen molar-refractivity contribution in [1.82, 2.24) is 5.32 Å². The molecule has 0 aromatic heterocycles. The molecule has 1 aromatic rings. The van der Waals surface area contributed by atoms with Crippen LogP contribution in [0.15, 0.2) is 24.3 Å². The maximum absolute atomic E-state index is 11.7. The number of aryl methyl sites for hydroxylation is 1. The van der Waals surface area contributed by atoms with E-state index in [1.54, 1.807) is 0 Å². The summed E-state index contributed by atoms with van der Waals surface area (Å²) >= 11 is 0. The predicted octanol–water partition coefficient (Wildman–Crippen LogP) is 3.16. The highest BCUT2D eigenvalue weighted by atomic mass is 16.5. The number of esters is 1. The molecule has 1 unspecified atom stereocenters. The number of methoxy groups -OCH3 is 1. The van der Waals surface area contributed by atoms with Crippen LogP contribution in [0.4, 0.5) is 0 Å². The van der Waals surface area contributed by atoms with Gasteiger partial charge in [-0.2, -0.15) is 0 Å². The van der Waals surface area contributed by atoms with Gasteiger partial charge in [0.2, 0.25) is 0 Å². The molecule has 0 saturated heterocycles. The van der Waals surface area contributed by atoms with Crippen molar-refractivity contribution in [3.8, 4) is 0 Å². The lowest BCUT2D eigenvalue weighted by molar-refractivity contribution is -0.142. The van der Waals surface area contributed by atoms with Crippen LogP contribution >= 0.6 is 0 Å². The molecular formula is C16H25NO2. The van der Waals surface area contributed by atoms with Crippen LogP contribution in [0.1, 0.15) is 44.2 Å². The van der Waals surface area contributed by atoms with E-state index >= 15 is 0 Å². The smallest absolute Gasteiger partial charge is 0.307 e. The summed E-state index contributed by atoms with van der Waals surface area (Å²) in [4.78, 5) is 11.7. The summed E-state index contributed by atoms with van der Waals surface area (Å²) in [6.45, 7) is 7.18. The Hall–Kier alpha value is -1.35. The molecule has 3 heteroatoms. The van der Waals surface area contributed by atoms with Gasteiger partial charge in [-0.15, -0.1) is 0 Å². The minimum absolute atomic E-state index is 0.175. The number of nitrogens with one attached hydrogen (secondary N) is 1. The third kappa shape index (κ3) is 4.06. The van der Waals surface area contributed by atoms with Crippen LogP contribution < -0.4 is 5.32 Å². The van der Waals surface area contributed by atoms with Gasteiger partial charge >= 0.3 is 5.97 Å². The summed E-state index contributed by atoms with van der Waals surface area (Å²) < 4.78 is 4.85. The van der Waals surface area contributed by atoms with Crippen molar-refractivity contribution in [2.75, 3.05) is 13.7 Å². The van der Waals surface area contributed by atoms with Gasteiger partial charge in [0.05, 0.1) is 19.1 Å². The Labute approximate surface area is 116 Å². The summed E-state index contributed by atoms with van der Waals surface area (Å²) in [5, 5.41) is 3.53. The fraction of sp³-hybridized carbons (Fsp3) is 0.562. The van der Waals surface area contributed by atoms with Gasteiger partial charge in [-0.1, -0.05) is 43.7 Å². The van der Waals surface area contributed by atoms with Gasteiger partial charge in [0.15, 0.2) is 0 Å². The van der Waals surface area contributed by atoms with E-state index in [0.29, 0.717) is 6.42 Å². The molecule has 0 aliphatic heterocycles.